The minimum atomic E-state index is -0.118. The molecule has 2 amide bonds. The van der Waals surface area contributed by atoms with Gasteiger partial charge in [-0.2, -0.15) is 5.10 Å². The Labute approximate surface area is 309 Å². The molecule has 2 atom stereocenters. The minimum Gasteiger partial charge on any atom is -0.497 e. The Morgan fingerprint density at radius 1 is 0.981 bits per heavy atom. The van der Waals surface area contributed by atoms with E-state index in [2.05, 4.69) is 61.0 Å². The van der Waals surface area contributed by atoms with Crippen molar-refractivity contribution >= 4 is 46.5 Å². The molecule has 4 aromatic rings. The van der Waals surface area contributed by atoms with Crippen LogP contribution < -0.4 is 9.46 Å². The molecule has 4 saturated heterocycles. The summed E-state index contributed by atoms with van der Waals surface area (Å²) in [5.41, 5.74) is 8.86. The van der Waals surface area contributed by atoms with E-state index < -0.39 is 0 Å². The number of nitrogens with one attached hydrogen (secondary N) is 1. The van der Waals surface area contributed by atoms with Gasteiger partial charge >= 0.3 is 0 Å². The topological polar surface area (TPSA) is 97.1 Å². The van der Waals surface area contributed by atoms with Crippen molar-refractivity contribution in [2.75, 3.05) is 53.6 Å². The fourth-order valence-electron chi connectivity index (χ4n) is 9.24. The number of rotatable bonds is 7. The average molecular weight is 722 g/mol. The summed E-state index contributed by atoms with van der Waals surface area (Å²) >= 11 is 1.36. The lowest BCUT2D eigenvalue weighted by Crippen LogP contribution is -2.67. The third kappa shape index (κ3) is 5.84. The number of carbonyl (C=O) groups excluding carboxylic acids is 2. The van der Waals surface area contributed by atoms with Gasteiger partial charge in [0.05, 0.1) is 50.0 Å². The number of methoxy groups -OCH3 is 1. The van der Waals surface area contributed by atoms with Gasteiger partial charge in [-0.1, -0.05) is 25.3 Å². The Bertz CT molecular complexity index is 2060. The molecule has 272 valence electrons. The smallest absolute Gasteiger partial charge is 0.262 e. The fourth-order valence-corrected chi connectivity index (χ4v) is 9.90. The zero-order valence-electron chi connectivity index (χ0n) is 30.3. The Balaban J connectivity index is 1.17. The molecule has 2 bridgehead atoms. The van der Waals surface area contributed by atoms with Crippen molar-refractivity contribution in [2.45, 2.75) is 63.1 Å². The summed E-state index contributed by atoms with van der Waals surface area (Å²) in [4.78, 5) is 32.4. The number of amides is 2. The first-order valence-electron chi connectivity index (χ1n) is 18.8. The van der Waals surface area contributed by atoms with Crippen LogP contribution in [-0.4, -0.2) is 106 Å². The first kappa shape index (κ1) is 33.7. The molecule has 0 unspecified atom stereocenters. The molecule has 6 aliphatic rings. The van der Waals surface area contributed by atoms with E-state index in [4.69, 9.17) is 9.47 Å². The second kappa shape index (κ2) is 13.7. The minimum absolute atomic E-state index is 0.0409. The maximum Gasteiger partial charge on any atom is 0.262 e. The number of hydrogen-bond donors (Lipinski definition) is 1. The van der Waals surface area contributed by atoms with Crippen LogP contribution in [0.15, 0.2) is 42.6 Å². The van der Waals surface area contributed by atoms with Crippen molar-refractivity contribution in [3.63, 3.8) is 0 Å². The van der Waals surface area contributed by atoms with E-state index in [1.54, 1.807) is 13.3 Å². The number of hydrogen-bond acceptors (Lipinski definition) is 8. The SMILES string of the molecule is COc1ccc2c(c1)C=C(c1c(C(=O)N3C[C@@H]4C[C@@H](C3)N4C)cnn1C)Cn1c-2c(C2CCCCC2)c2ccc(C(=O)NSN3CCOCC3)cc21. The van der Waals surface area contributed by atoms with Gasteiger partial charge in [0.15, 0.2) is 0 Å². The van der Waals surface area contributed by atoms with E-state index in [-0.39, 0.29) is 11.8 Å². The second-order valence-corrected chi connectivity index (χ2v) is 16.0. The van der Waals surface area contributed by atoms with E-state index >= 15 is 0 Å². The van der Waals surface area contributed by atoms with Gasteiger partial charge in [-0.15, -0.1) is 0 Å². The molecule has 11 nitrogen and oxygen atoms in total. The summed E-state index contributed by atoms with van der Waals surface area (Å²) in [6.45, 7) is 4.88. The van der Waals surface area contributed by atoms with E-state index in [1.165, 1.54) is 48.0 Å². The predicted molar refractivity (Wildman–Crippen MR) is 204 cm³/mol. The van der Waals surface area contributed by atoms with Gasteiger partial charge in [-0.3, -0.25) is 23.9 Å². The molecule has 0 spiro atoms. The van der Waals surface area contributed by atoms with Crippen LogP contribution in [0.4, 0.5) is 0 Å². The van der Waals surface area contributed by atoms with Crippen LogP contribution in [0.2, 0.25) is 0 Å². The largest absolute Gasteiger partial charge is 0.497 e. The molecule has 12 heteroatoms. The van der Waals surface area contributed by atoms with Crippen LogP contribution in [0.25, 0.3) is 33.8 Å². The van der Waals surface area contributed by atoms with Gasteiger partial charge in [-0.25, -0.2) is 4.31 Å². The molecule has 2 aromatic carbocycles. The summed E-state index contributed by atoms with van der Waals surface area (Å²) in [6.07, 6.45) is 11.1. The Morgan fingerprint density at radius 3 is 2.52 bits per heavy atom. The third-order valence-corrected chi connectivity index (χ3v) is 13.0. The number of benzene rings is 2. The molecular formula is C40H47N7O4S. The third-order valence-electron chi connectivity index (χ3n) is 12.1. The van der Waals surface area contributed by atoms with Crippen molar-refractivity contribution in [1.82, 2.24) is 33.2 Å². The number of ether oxygens (including phenoxy) is 2. The number of allylic oxidation sites excluding steroid dienone is 1. The fraction of sp³-hybridized carbons (Fsp3) is 0.475. The summed E-state index contributed by atoms with van der Waals surface area (Å²) in [6, 6.07) is 13.4. The summed E-state index contributed by atoms with van der Waals surface area (Å²) in [7, 11) is 5.80. The van der Waals surface area contributed by atoms with Crippen molar-refractivity contribution in [3.05, 3.63) is 70.5 Å². The molecule has 1 aliphatic carbocycles. The monoisotopic (exact) mass is 721 g/mol. The molecule has 5 fully saturated rings. The van der Waals surface area contributed by atoms with Gasteiger partial charge in [0.25, 0.3) is 11.8 Å². The lowest BCUT2D eigenvalue weighted by Gasteiger charge is -2.54. The first-order valence-corrected chi connectivity index (χ1v) is 19.5. The molecule has 1 saturated carbocycles. The van der Waals surface area contributed by atoms with E-state index in [0.29, 0.717) is 48.9 Å². The highest BCUT2D eigenvalue weighted by Gasteiger charge is 2.44. The summed E-state index contributed by atoms with van der Waals surface area (Å²) < 4.78 is 20.7. The maximum absolute atomic E-state index is 14.3. The van der Waals surface area contributed by atoms with Crippen molar-refractivity contribution in [3.8, 4) is 17.0 Å². The first-order chi connectivity index (χ1) is 25.4. The molecular weight excluding hydrogens is 675 g/mol. The van der Waals surface area contributed by atoms with Gasteiger partial charge in [0, 0.05) is 79.5 Å². The Hall–Kier alpha value is -4.10. The van der Waals surface area contributed by atoms with Crippen LogP contribution in [-0.2, 0) is 18.3 Å². The number of fused-ring (bicyclic) bond motifs is 7. The number of piperidine rings is 1. The highest BCUT2D eigenvalue weighted by atomic mass is 32.2. The molecule has 5 aliphatic heterocycles. The number of nitrogens with zero attached hydrogens (tertiary/aromatic N) is 6. The summed E-state index contributed by atoms with van der Waals surface area (Å²) in [5, 5.41) is 5.88. The highest BCUT2D eigenvalue weighted by molar-refractivity contribution is 7.95. The molecule has 0 radical (unpaired) electrons. The van der Waals surface area contributed by atoms with Crippen molar-refractivity contribution < 1.29 is 19.1 Å². The number of morpholine rings is 1. The van der Waals surface area contributed by atoms with Crippen LogP contribution in [0, 0.1) is 0 Å². The lowest BCUT2D eigenvalue weighted by molar-refractivity contribution is -0.0404. The number of likely N-dealkylation sites (N-methyl/N-ethyl adjacent to an activating group) is 1. The second-order valence-electron chi connectivity index (χ2n) is 15.1. The van der Waals surface area contributed by atoms with Crippen LogP contribution in [0.5, 0.6) is 5.75 Å². The standard InChI is InChI=1S/C40H47N7O4S/c1-43-29-20-30(43)24-45(23-29)40(49)34-21-41-44(2)37(34)28-17-27-18-31(50-3)10-12-32(27)38-36(25-7-5-4-6-8-25)33-11-9-26(19-35(33)47(38)22-28)39(48)42-52-46-13-15-51-16-14-46/h9-12,17-19,21,25,29-30H,4-8,13-16,20,22-24H2,1-3H3,(H,42,48)/t29-,30-/m0/s1. The number of carbonyl (C=O) groups is 2. The van der Waals surface area contributed by atoms with Crippen molar-refractivity contribution in [2.24, 2.45) is 7.05 Å². The van der Waals surface area contributed by atoms with Gasteiger partial charge in [0.2, 0.25) is 0 Å². The van der Waals surface area contributed by atoms with Crippen LogP contribution in [0.1, 0.15) is 82.0 Å². The molecule has 2 aromatic heterocycles. The van der Waals surface area contributed by atoms with E-state index in [0.717, 1.165) is 79.1 Å². The number of piperazine rings is 1. The molecule has 7 heterocycles. The Morgan fingerprint density at radius 2 is 1.77 bits per heavy atom. The summed E-state index contributed by atoms with van der Waals surface area (Å²) in [5.74, 6) is 1.12. The van der Waals surface area contributed by atoms with Crippen molar-refractivity contribution in [1.29, 1.82) is 0 Å². The van der Waals surface area contributed by atoms with E-state index in [9.17, 15) is 9.59 Å². The zero-order chi connectivity index (χ0) is 35.5. The Kier molecular flexibility index (Phi) is 8.89. The van der Waals surface area contributed by atoms with Gasteiger partial charge in [-0.05, 0) is 85.3 Å². The van der Waals surface area contributed by atoms with Gasteiger partial charge in [0.1, 0.15) is 5.75 Å². The quantitative estimate of drug-likeness (QED) is 0.239. The van der Waals surface area contributed by atoms with Gasteiger partial charge < -0.3 is 18.9 Å². The molecule has 1 N–H and O–H groups in total. The van der Waals surface area contributed by atoms with Crippen LogP contribution in [0.3, 0.4) is 0 Å². The van der Waals surface area contributed by atoms with E-state index in [1.807, 2.05) is 28.8 Å². The zero-order valence-corrected chi connectivity index (χ0v) is 31.1. The molecule has 52 heavy (non-hydrogen) atoms. The van der Waals surface area contributed by atoms with Crippen LogP contribution >= 0.6 is 12.1 Å². The lowest BCUT2D eigenvalue weighted by atomic mass is 9.81. The number of aromatic nitrogens is 3. The number of aryl methyl sites for hydroxylation is 1. The molecule has 10 rings (SSSR count). The highest BCUT2D eigenvalue weighted by Crippen LogP contribution is 2.48. The maximum atomic E-state index is 14.3. The average Bonchev–Trinajstić information content (AvgIpc) is 3.68. The predicted octanol–water partition coefficient (Wildman–Crippen LogP) is 5.81. The normalized spacial score (nSPS) is 22.3.